The van der Waals surface area contributed by atoms with Crippen LogP contribution in [0.15, 0.2) is 0 Å². The van der Waals surface area contributed by atoms with Gasteiger partial charge in [-0.15, -0.1) is 0 Å². The Morgan fingerprint density at radius 2 is 1.87 bits per heavy atom. The number of halogens is 1. The molecule has 0 N–H and O–H groups in total. The number of alkyl halides is 1. The molecule has 1 atom stereocenters. The first-order valence-electron chi connectivity index (χ1n) is 5.80. The first-order valence-corrected chi connectivity index (χ1v) is 6.92. The van der Waals surface area contributed by atoms with E-state index in [1.54, 1.807) is 0 Å². The SMILES string of the molecule is CC(C)CC(C)N(C)C(=O)CCCCBr. The fraction of sp³-hybridized carbons (Fsp3) is 0.917. The molecule has 0 radical (unpaired) electrons. The summed E-state index contributed by atoms with van der Waals surface area (Å²) in [6.07, 6.45) is 3.84. The van der Waals surface area contributed by atoms with Crippen LogP contribution in [0.4, 0.5) is 0 Å². The maximum Gasteiger partial charge on any atom is 0.222 e. The average Bonchev–Trinajstić information content (AvgIpc) is 2.15. The number of carbonyl (C=O) groups excluding carboxylic acids is 1. The zero-order chi connectivity index (χ0) is 11.8. The average molecular weight is 278 g/mol. The van der Waals surface area contributed by atoms with Crippen LogP contribution in [0.25, 0.3) is 0 Å². The molecule has 15 heavy (non-hydrogen) atoms. The van der Waals surface area contributed by atoms with Gasteiger partial charge in [0.1, 0.15) is 0 Å². The molecule has 0 aliphatic rings. The van der Waals surface area contributed by atoms with Crippen molar-refractivity contribution in [3.05, 3.63) is 0 Å². The predicted molar refractivity (Wildman–Crippen MR) is 69.3 cm³/mol. The number of hydrogen-bond acceptors (Lipinski definition) is 1. The number of carbonyl (C=O) groups is 1. The van der Waals surface area contributed by atoms with Crippen LogP contribution in [0.5, 0.6) is 0 Å². The summed E-state index contributed by atoms with van der Waals surface area (Å²) in [6.45, 7) is 6.52. The van der Waals surface area contributed by atoms with Crippen molar-refractivity contribution >= 4 is 21.8 Å². The molecular formula is C12H24BrNO. The van der Waals surface area contributed by atoms with E-state index < -0.39 is 0 Å². The Morgan fingerprint density at radius 3 is 2.33 bits per heavy atom. The van der Waals surface area contributed by atoms with Crippen molar-refractivity contribution in [1.29, 1.82) is 0 Å². The third kappa shape index (κ3) is 6.93. The quantitative estimate of drug-likeness (QED) is 0.516. The fourth-order valence-electron chi connectivity index (χ4n) is 1.63. The Labute approximate surface area is 103 Å². The van der Waals surface area contributed by atoms with E-state index in [0.717, 1.165) is 24.6 Å². The van der Waals surface area contributed by atoms with E-state index in [4.69, 9.17) is 0 Å². The van der Waals surface area contributed by atoms with Gasteiger partial charge in [-0.3, -0.25) is 4.79 Å². The number of hydrogen-bond donors (Lipinski definition) is 0. The lowest BCUT2D eigenvalue weighted by Crippen LogP contribution is -2.35. The summed E-state index contributed by atoms with van der Waals surface area (Å²) in [6, 6.07) is 0.362. The van der Waals surface area contributed by atoms with Crippen molar-refractivity contribution in [3.8, 4) is 0 Å². The second-order valence-electron chi connectivity index (χ2n) is 4.63. The number of rotatable bonds is 7. The summed E-state index contributed by atoms with van der Waals surface area (Å²) in [5.41, 5.74) is 0. The van der Waals surface area contributed by atoms with Gasteiger partial charge < -0.3 is 4.90 Å². The molecule has 0 rings (SSSR count). The van der Waals surface area contributed by atoms with Crippen molar-refractivity contribution in [2.75, 3.05) is 12.4 Å². The smallest absolute Gasteiger partial charge is 0.222 e. The van der Waals surface area contributed by atoms with E-state index in [0.29, 0.717) is 18.4 Å². The van der Waals surface area contributed by atoms with Crippen LogP contribution in [-0.2, 0) is 4.79 Å². The molecule has 3 heteroatoms. The normalized spacial score (nSPS) is 12.9. The molecule has 0 fully saturated rings. The largest absolute Gasteiger partial charge is 0.343 e. The van der Waals surface area contributed by atoms with Crippen molar-refractivity contribution in [3.63, 3.8) is 0 Å². The molecule has 0 bridgehead atoms. The van der Waals surface area contributed by atoms with E-state index in [-0.39, 0.29) is 5.91 Å². The van der Waals surface area contributed by atoms with Crippen LogP contribution >= 0.6 is 15.9 Å². The molecule has 0 aromatic carbocycles. The highest BCUT2D eigenvalue weighted by Crippen LogP contribution is 2.11. The molecule has 0 aliphatic carbocycles. The molecular weight excluding hydrogens is 254 g/mol. The van der Waals surface area contributed by atoms with Gasteiger partial charge in [-0.2, -0.15) is 0 Å². The lowest BCUT2D eigenvalue weighted by Gasteiger charge is -2.26. The lowest BCUT2D eigenvalue weighted by atomic mass is 10.0. The van der Waals surface area contributed by atoms with E-state index >= 15 is 0 Å². The Morgan fingerprint density at radius 1 is 1.27 bits per heavy atom. The Balaban J connectivity index is 3.85. The topological polar surface area (TPSA) is 20.3 Å². The minimum absolute atomic E-state index is 0.282. The van der Waals surface area contributed by atoms with Crippen molar-refractivity contribution in [2.45, 2.75) is 52.5 Å². The van der Waals surface area contributed by atoms with E-state index in [1.165, 1.54) is 0 Å². The van der Waals surface area contributed by atoms with Crippen molar-refractivity contribution in [2.24, 2.45) is 5.92 Å². The van der Waals surface area contributed by atoms with Gasteiger partial charge in [0, 0.05) is 24.8 Å². The maximum absolute atomic E-state index is 11.8. The second-order valence-corrected chi connectivity index (χ2v) is 5.42. The van der Waals surface area contributed by atoms with Crippen LogP contribution in [0, 0.1) is 5.92 Å². The number of unbranched alkanes of at least 4 members (excludes halogenated alkanes) is 1. The second kappa shape index (κ2) is 8.14. The van der Waals surface area contributed by atoms with Crippen LogP contribution < -0.4 is 0 Å². The molecule has 90 valence electrons. The molecule has 0 aromatic rings. The van der Waals surface area contributed by atoms with Gasteiger partial charge >= 0.3 is 0 Å². The lowest BCUT2D eigenvalue weighted by molar-refractivity contribution is -0.132. The number of nitrogens with zero attached hydrogens (tertiary/aromatic N) is 1. The predicted octanol–water partition coefficient (Wildman–Crippen LogP) is 3.44. The third-order valence-electron chi connectivity index (χ3n) is 2.64. The third-order valence-corrected chi connectivity index (χ3v) is 3.20. The highest BCUT2D eigenvalue weighted by Gasteiger charge is 2.15. The van der Waals surface area contributed by atoms with Gasteiger partial charge in [0.25, 0.3) is 0 Å². The molecule has 1 amide bonds. The fourth-order valence-corrected chi connectivity index (χ4v) is 2.03. The molecule has 0 saturated heterocycles. The van der Waals surface area contributed by atoms with E-state index in [9.17, 15) is 4.79 Å². The molecule has 0 spiro atoms. The molecule has 0 saturated carbocycles. The Hall–Kier alpha value is -0.0500. The Kier molecular flexibility index (Phi) is 8.12. The maximum atomic E-state index is 11.8. The number of amides is 1. The standard InChI is InChI=1S/C12H24BrNO/c1-10(2)9-11(3)14(4)12(15)7-5-6-8-13/h10-11H,5-9H2,1-4H3. The van der Waals surface area contributed by atoms with Crippen LogP contribution in [0.2, 0.25) is 0 Å². The summed E-state index contributed by atoms with van der Waals surface area (Å²) in [7, 11) is 1.92. The summed E-state index contributed by atoms with van der Waals surface area (Å²) >= 11 is 3.37. The van der Waals surface area contributed by atoms with E-state index in [1.807, 2.05) is 11.9 Å². The molecule has 0 heterocycles. The molecule has 0 aromatic heterocycles. The zero-order valence-electron chi connectivity index (χ0n) is 10.4. The van der Waals surface area contributed by atoms with Gasteiger partial charge in [-0.05, 0) is 32.1 Å². The highest BCUT2D eigenvalue weighted by molar-refractivity contribution is 9.09. The van der Waals surface area contributed by atoms with Gasteiger partial charge in [0.2, 0.25) is 5.91 Å². The monoisotopic (exact) mass is 277 g/mol. The van der Waals surface area contributed by atoms with Gasteiger partial charge in [0.15, 0.2) is 0 Å². The first-order chi connectivity index (χ1) is 6.99. The molecule has 2 nitrogen and oxygen atoms in total. The van der Waals surface area contributed by atoms with Gasteiger partial charge in [-0.1, -0.05) is 29.8 Å². The first kappa shape index (κ1) is 14.9. The summed E-state index contributed by atoms with van der Waals surface area (Å²) in [5.74, 6) is 0.932. The summed E-state index contributed by atoms with van der Waals surface area (Å²) in [4.78, 5) is 13.6. The zero-order valence-corrected chi connectivity index (χ0v) is 12.0. The molecule has 1 unspecified atom stereocenters. The van der Waals surface area contributed by atoms with Crippen molar-refractivity contribution in [1.82, 2.24) is 4.90 Å². The summed E-state index contributed by atoms with van der Waals surface area (Å²) in [5, 5.41) is 0.992. The summed E-state index contributed by atoms with van der Waals surface area (Å²) < 4.78 is 0. The van der Waals surface area contributed by atoms with Crippen LogP contribution in [-0.4, -0.2) is 29.2 Å². The van der Waals surface area contributed by atoms with Crippen LogP contribution in [0.3, 0.4) is 0 Å². The highest BCUT2D eigenvalue weighted by atomic mass is 79.9. The minimum Gasteiger partial charge on any atom is -0.343 e. The van der Waals surface area contributed by atoms with Crippen molar-refractivity contribution < 1.29 is 4.79 Å². The van der Waals surface area contributed by atoms with E-state index in [2.05, 4.69) is 36.7 Å². The molecule has 0 aliphatic heterocycles. The van der Waals surface area contributed by atoms with Gasteiger partial charge in [-0.25, -0.2) is 0 Å². The van der Waals surface area contributed by atoms with Gasteiger partial charge in [0.05, 0.1) is 0 Å². The van der Waals surface area contributed by atoms with Crippen LogP contribution in [0.1, 0.15) is 46.5 Å². The Bertz CT molecular complexity index is 182. The minimum atomic E-state index is 0.282.